The van der Waals surface area contributed by atoms with E-state index in [1.54, 1.807) is 0 Å². The summed E-state index contributed by atoms with van der Waals surface area (Å²) in [5.74, 6) is 0.989. The molecule has 1 aliphatic heterocycles. The molecular weight excluding hydrogens is 348 g/mol. The minimum atomic E-state index is -0.197. The Morgan fingerprint density at radius 3 is 2.96 bits per heavy atom. The van der Waals surface area contributed by atoms with Crippen LogP contribution in [0.4, 0.5) is 10.6 Å². The largest absolute Gasteiger partial charge is 0.370 e. The molecule has 6 heteroatoms. The monoisotopic (exact) mass is 372 g/mol. The lowest BCUT2D eigenvalue weighted by Gasteiger charge is -2.17. The number of rotatable bonds is 6. The first-order valence-corrected chi connectivity index (χ1v) is 9.55. The number of urea groups is 1. The summed E-state index contributed by atoms with van der Waals surface area (Å²) in [6, 6.07) is 9.93. The maximum atomic E-state index is 12.0. The molecule has 0 saturated carbocycles. The Balaban J connectivity index is 1.43. The second-order valence-corrected chi connectivity index (χ2v) is 6.89. The number of hydrogen-bond donors (Lipinski definition) is 3. The SMILES string of the molecule is CCc1ccc(CNC(=O)NCCc2ccc3c(n2)NCCC3)c(Cl)c1. The molecule has 0 fully saturated rings. The van der Waals surface area contributed by atoms with Gasteiger partial charge in [-0.15, -0.1) is 0 Å². The zero-order valence-corrected chi connectivity index (χ0v) is 15.8. The molecule has 3 N–H and O–H groups in total. The van der Waals surface area contributed by atoms with Gasteiger partial charge >= 0.3 is 6.03 Å². The maximum absolute atomic E-state index is 12.0. The summed E-state index contributed by atoms with van der Waals surface area (Å²) >= 11 is 6.25. The van der Waals surface area contributed by atoms with Crippen molar-refractivity contribution >= 4 is 23.4 Å². The fourth-order valence-corrected chi connectivity index (χ4v) is 3.27. The fraction of sp³-hybridized carbons (Fsp3) is 0.400. The zero-order valence-electron chi connectivity index (χ0n) is 15.1. The van der Waals surface area contributed by atoms with Gasteiger partial charge in [0.1, 0.15) is 5.82 Å². The van der Waals surface area contributed by atoms with Gasteiger partial charge in [0.25, 0.3) is 0 Å². The number of aromatic nitrogens is 1. The van der Waals surface area contributed by atoms with Gasteiger partial charge in [-0.2, -0.15) is 0 Å². The number of halogens is 1. The lowest BCUT2D eigenvalue weighted by Crippen LogP contribution is -2.36. The summed E-state index contributed by atoms with van der Waals surface area (Å²) in [5, 5.41) is 9.74. The molecule has 26 heavy (non-hydrogen) atoms. The molecule has 0 aliphatic carbocycles. The number of hydrogen-bond acceptors (Lipinski definition) is 3. The number of amides is 2. The van der Waals surface area contributed by atoms with Crippen LogP contribution in [0.25, 0.3) is 0 Å². The summed E-state index contributed by atoms with van der Waals surface area (Å²) in [6.45, 7) is 4.02. The van der Waals surface area contributed by atoms with Gasteiger partial charge in [0.15, 0.2) is 0 Å². The first kappa shape index (κ1) is 18.5. The topological polar surface area (TPSA) is 66.0 Å². The predicted octanol–water partition coefficient (Wildman–Crippen LogP) is 3.70. The van der Waals surface area contributed by atoms with Crippen LogP contribution in [0.3, 0.4) is 0 Å². The lowest BCUT2D eigenvalue weighted by atomic mass is 10.1. The Morgan fingerprint density at radius 1 is 1.27 bits per heavy atom. The number of pyridine rings is 1. The highest BCUT2D eigenvalue weighted by Crippen LogP contribution is 2.20. The predicted molar refractivity (Wildman–Crippen MR) is 106 cm³/mol. The number of fused-ring (bicyclic) bond motifs is 1. The molecule has 0 saturated heterocycles. The molecule has 3 rings (SSSR count). The van der Waals surface area contributed by atoms with Crippen LogP contribution >= 0.6 is 11.6 Å². The van der Waals surface area contributed by atoms with E-state index in [4.69, 9.17) is 11.6 Å². The number of anilines is 1. The Bertz CT molecular complexity index is 778. The van der Waals surface area contributed by atoms with E-state index in [2.05, 4.69) is 33.9 Å². The van der Waals surface area contributed by atoms with Crippen molar-refractivity contribution in [2.75, 3.05) is 18.4 Å². The summed E-state index contributed by atoms with van der Waals surface area (Å²) in [4.78, 5) is 16.6. The summed E-state index contributed by atoms with van der Waals surface area (Å²) in [7, 11) is 0. The van der Waals surface area contributed by atoms with Crippen molar-refractivity contribution < 1.29 is 4.79 Å². The number of aryl methyl sites for hydroxylation is 2. The van der Waals surface area contributed by atoms with Crippen LogP contribution < -0.4 is 16.0 Å². The van der Waals surface area contributed by atoms with E-state index >= 15 is 0 Å². The highest BCUT2D eigenvalue weighted by atomic mass is 35.5. The minimum absolute atomic E-state index is 0.197. The molecular formula is C20H25ClN4O. The molecule has 2 heterocycles. The van der Waals surface area contributed by atoms with E-state index < -0.39 is 0 Å². The fourth-order valence-electron chi connectivity index (χ4n) is 3.00. The van der Waals surface area contributed by atoms with Crippen molar-refractivity contribution in [3.05, 3.63) is 57.7 Å². The van der Waals surface area contributed by atoms with E-state index in [1.165, 1.54) is 11.1 Å². The maximum Gasteiger partial charge on any atom is 0.315 e. The highest BCUT2D eigenvalue weighted by Gasteiger charge is 2.10. The van der Waals surface area contributed by atoms with Gasteiger partial charge in [0.05, 0.1) is 0 Å². The molecule has 0 unspecified atom stereocenters. The van der Waals surface area contributed by atoms with Gasteiger partial charge in [-0.25, -0.2) is 9.78 Å². The van der Waals surface area contributed by atoms with Crippen LogP contribution in [0.15, 0.2) is 30.3 Å². The van der Waals surface area contributed by atoms with Crippen LogP contribution in [-0.4, -0.2) is 24.1 Å². The third kappa shape index (κ3) is 4.88. The number of carbonyl (C=O) groups excluding carboxylic acids is 1. The van der Waals surface area contributed by atoms with E-state index in [9.17, 15) is 4.79 Å². The number of nitrogens with zero attached hydrogens (tertiary/aromatic N) is 1. The molecule has 2 amide bonds. The van der Waals surface area contributed by atoms with Gasteiger partial charge in [0.2, 0.25) is 0 Å². The van der Waals surface area contributed by atoms with E-state index in [1.807, 2.05) is 24.3 Å². The Hall–Kier alpha value is -2.27. The van der Waals surface area contributed by atoms with Gasteiger partial charge in [-0.1, -0.05) is 36.7 Å². The molecule has 1 aromatic carbocycles. The second-order valence-electron chi connectivity index (χ2n) is 6.48. The number of nitrogens with one attached hydrogen (secondary N) is 3. The first-order valence-electron chi connectivity index (χ1n) is 9.17. The Morgan fingerprint density at radius 2 is 2.15 bits per heavy atom. The van der Waals surface area contributed by atoms with Crippen molar-refractivity contribution in [1.82, 2.24) is 15.6 Å². The van der Waals surface area contributed by atoms with Crippen molar-refractivity contribution in [2.45, 2.75) is 39.2 Å². The third-order valence-electron chi connectivity index (χ3n) is 4.58. The average Bonchev–Trinajstić information content (AvgIpc) is 2.67. The molecule has 0 spiro atoms. The van der Waals surface area contributed by atoms with Gasteiger partial charge in [0, 0.05) is 36.8 Å². The van der Waals surface area contributed by atoms with Crippen LogP contribution in [0.5, 0.6) is 0 Å². The number of carbonyl (C=O) groups is 1. The third-order valence-corrected chi connectivity index (χ3v) is 4.94. The van der Waals surface area contributed by atoms with Crippen molar-refractivity contribution in [3.8, 4) is 0 Å². The molecule has 138 valence electrons. The second kappa shape index (κ2) is 8.90. The van der Waals surface area contributed by atoms with Crippen LogP contribution in [0.1, 0.15) is 35.7 Å². The normalized spacial score (nSPS) is 12.8. The number of benzene rings is 1. The van der Waals surface area contributed by atoms with Gasteiger partial charge < -0.3 is 16.0 Å². The molecule has 1 aromatic heterocycles. The summed E-state index contributed by atoms with van der Waals surface area (Å²) in [6.07, 6.45) is 3.88. The van der Waals surface area contributed by atoms with E-state index in [-0.39, 0.29) is 6.03 Å². The van der Waals surface area contributed by atoms with E-state index in [0.717, 1.165) is 42.9 Å². The average molecular weight is 373 g/mol. The van der Waals surface area contributed by atoms with Crippen LogP contribution in [-0.2, 0) is 25.8 Å². The molecule has 0 bridgehead atoms. The summed E-state index contributed by atoms with van der Waals surface area (Å²) < 4.78 is 0. The van der Waals surface area contributed by atoms with E-state index in [0.29, 0.717) is 24.5 Å². The highest BCUT2D eigenvalue weighted by molar-refractivity contribution is 6.31. The van der Waals surface area contributed by atoms with Gasteiger partial charge in [-0.05, 0) is 48.1 Å². The molecule has 5 nitrogen and oxygen atoms in total. The minimum Gasteiger partial charge on any atom is -0.370 e. The Kier molecular flexibility index (Phi) is 6.34. The zero-order chi connectivity index (χ0) is 18.4. The molecule has 0 atom stereocenters. The van der Waals surface area contributed by atoms with Gasteiger partial charge in [-0.3, -0.25) is 0 Å². The van der Waals surface area contributed by atoms with Crippen molar-refractivity contribution in [3.63, 3.8) is 0 Å². The summed E-state index contributed by atoms with van der Waals surface area (Å²) in [5.41, 5.74) is 4.37. The Labute approximate surface area is 159 Å². The quantitative estimate of drug-likeness (QED) is 0.724. The first-order chi connectivity index (χ1) is 12.7. The molecule has 1 aliphatic rings. The van der Waals surface area contributed by atoms with Crippen LogP contribution in [0.2, 0.25) is 5.02 Å². The standard InChI is InChI=1S/C20H25ClN4O/c1-2-14-5-6-16(18(21)12-14)13-24-20(26)23-11-9-17-8-7-15-4-3-10-22-19(15)25-17/h5-8,12H,2-4,9-11,13H2,1H3,(H,22,25)(H2,23,24,26). The van der Waals surface area contributed by atoms with Crippen molar-refractivity contribution in [2.24, 2.45) is 0 Å². The molecule has 0 radical (unpaired) electrons. The van der Waals surface area contributed by atoms with Crippen LogP contribution in [0, 0.1) is 0 Å². The van der Waals surface area contributed by atoms with Crippen molar-refractivity contribution in [1.29, 1.82) is 0 Å². The molecule has 2 aromatic rings. The smallest absolute Gasteiger partial charge is 0.315 e. The lowest BCUT2D eigenvalue weighted by molar-refractivity contribution is 0.240.